The van der Waals surface area contributed by atoms with Crippen LogP contribution in [0.4, 0.5) is 0 Å². The van der Waals surface area contributed by atoms with Crippen molar-refractivity contribution in [2.24, 2.45) is 0 Å². The van der Waals surface area contributed by atoms with E-state index in [0.29, 0.717) is 12.0 Å². The Kier molecular flexibility index (Phi) is 3.37. The summed E-state index contributed by atoms with van der Waals surface area (Å²) < 4.78 is 2.14. The van der Waals surface area contributed by atoms with Crippen LogP contribution in [0.25, 0.3) is 0 Å². The Morgan fingerprint density at radius 2 is 2.33 bits per heavy atom. The second kappa shape index (κ2) is 4.58. The van der Waals surface area contributed by atoms with Crippen molar-refractivity contribution in [2.75, 3.05) is 13.1 Å². The molecule has 2 nitrogen and oxygen atoms in total. The molecule has 1 aromatic rings. The van der Waals surface area contributed by atoms with Gasteiger partial charge in [0.1, 0.15) is 5.15 Å². The van der Waals surface area contributed by atoms with E-state index >= 15 is 0 Å². The Labute approximate surface area is 96.6 Å². The van der Waals surface area contributed by atoms with Gasteiger partial charge in [-0.2, -0.15) is 0 Å². The van der Waals surface area contributed by atoms with Gasteiger partial charge in [0.2, 0.25) is 0 Å². The second-order valence-electron chi connectivity index (χ2n) is 4.64. The van der Waals surface area contributed by atoms with Crippen LogP contribution >= 0.6 is 11.6 Å². The van der Waals surface area contributed by atoms with Gasteiger partial charge >= 0.3 is 0 Å². The molecule has 2 heterocycles. The van der Waals surface area contributed by atoms with Crippen LogP contribution in [0.3, 0.4) is 0 Å². The predicted molar refractivity (Wildman–Crippen MR) is 64.7 cm³/mol. The van der Waals surface area contributed by atoms with Gasteiger partial charge in [-0.25, -0.2) is 0 Å². The molecule has 1 atom stereocenters. The lowest BCUT2D eigenvalue weighted by molar-refractivity contribution is 0.460. The maximum atomic E-state index is 6.20. The van der Waals surface area contributed by atoms with Gasteiger partial charge < -0.3 is 9.88 Å². The lowest BCUT2D eigenvalue weighted by atomic mass is 9.94. The monoisotopic (exact) mass is 226 g/mol. The summed E-state index contributed by atoms with van der Waals surface area (Å²) in [6.45, 7) is 6.58. The van der Waals surface area contributed by atoms with Gasteiger partial charge in [0.25, 0.3) is 0 Å². The topological polar surface area (TPSA) is 17.0 Å². The first-order valence-corrected chi connectivity index (χ1v) is 6.14. The van der Waals surface area contributed by atoms with Gasteiger partial charge in [-0.3, -0.25) is 0 Å². The van der Waals surface area contributed by atoms with E-state index in [1.165, 1.54) is 18.4 Å². The molecular weight excluding hydrogens is 208 g/mol. The zero-order chi connectivity index (χ0) is 10.8. The first-order valence-electron chi connectivity index (χ1n) is 5.76. The molecule has 1 saturated heterocycles. The highest BCUT2D eigenvalue weighted by molar-refractivity contribution is 6.29. The minimum absolute atomic E-state index is 0.447. The number of aromatic nitrogens is 1. The third kappa shape index (κ3) is 2.37. The van der Waals surface area contributed by atoms with Crippen molar-refractivity contribution in [1.29, 1.82) is 0 Å². The fraction of sp³-hybridized carbons (Fsp3) is 0.667. The smallest absolute Gasteiger partial charge is 0.109 e. The molecule has 1 aromatic heterocycles. The molecule has 0 amide bonds. The Balaban J connectivity index is 2.17. The van der Waals surface area contributed by atoms with Crippen molar-refractivity contribution < 1.29 is 0 Å². The van der Waals surface area contributed by atoms with Crippen molar-refractivity contribution in [2.45, 2.75) is 38.6 Å². The summed E-state index contributed by atoms with van der Waals surface area (Å²) in [5.41, 5.74) is 1.39. The summed E-state index contributed by atoms with van der Waals surface area (Å²) in [5, 5.41) is 4.31. The van der Waals surface area contributed by atoms with E-state index < -0.39 is 0 Å². The molecule has 1 aliphatic heterocycles. The average molecular weight is 227 g/mol. The molecule has 0 bridgehead atoms. The zero-order valence-electron chi connectivity index (χ0n) is 9.46. The minimum atomic E-state index is 0.447. The molecule has 0 aromatic carbocycles. The van der Waals surface area contributed by atoms with Crippen LogP contribution in [-0.2, 0) is 0 Å². The van der Waals surface area contributed by atoms with Gasteiger partial charge in [0.05, 0.1) is 0 Å². The number of hydrogen-bond donors (Lipinski definition) is 1. The summed E-state index contributed by atoms with van der Waals surface area (Å²) in [5.74, 6) is 0.649. The summed E-state index contributed by atoms with van der Waals surface area (Å²) in [6.07, 6.45) is 4.77. The number of halogens is 1. The SMILES string of the molecule is CC(C)n1cc(C2CCCNC2)cc1Cl. The number of hydrogen-bond acceptors (Lipinski definition) is 1. The van der Waals surface area contributed by atoms with E-state index in [2.05, 4.69) is 36.0 Å². The second-order valence-corrected chi connectivity index (χ2v) is 5.03. The predicted octanol–water partition coefficient (Wildman–Crippen LogP) is 3.19. The molecule has 1 fully saturated rings. The molecule has 2 rings (SSSR count). The van der Waals surface area contributed by atoms with Gasteiger partial charge in [-0.15, -0.1) is 0 Å². The standard InChI is InChI=1S/C12H19ClN2/c1-9(2)15-8-11(6-12(15)13)10-4-3-5-14-7-10/h6,8-10,14H,3-5,7H2,1-2H3. The van der Waals surface area contributed by atoms with Crippen molar-refractivity contribution in [1.82, 2.24) is 9.88 Å². The molecule has 0 saturated carbocycles. The van der Waals surface area contributed by atoms with E-state index in [-0.39, 0.29) is 0 Å². The molecule has 15 heavy (non-hydrogen) atoms. The van der Waals surface area contributed by atoms with Gasteiger partial charge in [0, 0.05) is 18.8 Å². The summed E-state index contributed by atoms with van der Waals surface area (Å²) in [7, 11) is 0. The maximum Gasteiger partial charge on any atom is 0.109 e. The lowest BCUT2D eigenvalue weighted by Crippen LogP contribution is -2.28. The molecule has 1 unspecified atom stereocenters. The molecule has 0 spiro atoms. The molecule has 0 aliphatic carbocycles. The van der Waals surface area contributed by atoms with Crippen LogP contribution in [0.2, 0.25) is 5.15 Å². The van der Waals surface area contributed by atoms with Crippen LogP contribution in [-0.4, -0.2) is 17.7 Å². The largest absolute Gasteiger partial charge is 0.336 e. The average Bonchev–Trinajstić information content (AvgIpc) is 2.62. The Bertz CT molecular complexity index is 324. The number of nitrogens with one attached hydrogen (secondary N) is 1. The summed E-state index contributed by atoms with van der Waals surface area (Å²) in [4.78, 5) is 0. The molecular formula is C12H19ClN2. The normalized spacial score (nSPS) is 22.3. The third-order valence-corrected chi connectivity index (χ3v) is 3.45. The van der Waals surface area contributed by atoms with Crippen molar-refractivity contribution >= 4 is 11.6 Å². The lowest BCUT2D eigenvalue weighted by Gasteiger charge is -2.21. The number of rotatable bonds is 2. The van der Waals surface area contributed by atoms with Gasteiger partial charge in [-0.1, -0.05) is 11.6 Å². The van der Waals surface area contributed by atoms with Crippen molar-refractivity contribution in [3.05, 3.63) is 23.0 Å². The highest BCUT2D eigenvalue weighted by Crippen LogP contribution is 2.28. The number of nitrogens with zero attached hydrogens (tertiary/aromatic N) is 1. The van der Waals surface area contributed by atoms with E-state index in [9.17, 15) is 0 Å². The molecule has 1 N–H and O–H groups in total. The summed E-state index contributed by atoms with van der Waals surface area (Å²) >= 11 is 6.20. The quantitative estimate of drug-likeness (QED) is 0.820. The highest BCUT2D eigenvalue weighted by Gasteiger charge is 2.18. The van der Waals surface area contributed by atoms with Crippen LogP contribution in [0.5, 0.6) is 0 Å². The molecule has 3 heteroatoms. The number of piperidine rings is 1. The Morgan fingerprint density at radius 1 is 1.53 bits per heavy atom. The van der Waals surface area contributed by atoms with E-state index in [1.54, 1.807) is 0 Å². The summed E-state index contributed by atoms with van der Waals surface area (Å²) in [6, 6.07) is 2.57. The van der Waals surface area contributed by atoms with Crippen LogP contribution in [0.1, 0.15) is 44.2 Å². The van der Waals surface area contributed by atoms with E-state index in [0.717, 1.165) is 18.2 Å². The minimum Gasteiger partial charge on any atom is -0.336 e. The fourth-order valence-electron chi connectivity index (χ4n) is 2.23. The molecule has 0 radical (unpaired) electrons. The van der Waals surface area contributed by atoms with E-state index in [1.807, 2.05) is 0 Å². The fourth-order valence-corrected chi connectivity index (χ4v) is 2.60. The highest BCUT2D eigenvalue weighted by atomic mass is 35.5. The van der Waals surface area contributed by atoms with Crippen molar-refractivity contribution in [3.63, 3.8) is 0 Å². The first kappa shape index (κ1) is 11.0. The van der Waals surface area contributed by atoms with Gasteiger partial charge in [-0.05, 0) is 50.8 Å². The van der Waals surface area contributed by atoms with Crippen molar-refractivity contribution in [3.8, 4) is 0 Å². The Hall–Kier alpha value is -0.470. The Morgan fingerprint density at radius 3 is 2.87 bits per heavy atom. The third-order valence-electron chi connectivity index (χ3n) is 3.15. The van der Waals surface area contributed by atoms with Gasteiger partial charge in [0.15, 0.2) is 0 Å². The van der Waals surface area contributed by atoms with Crippen LogP contribution < -0.4 is 5.32 Å². The zero-order valence-corrected chi connectivity index (χ0v) is 10.2. The molecule has 1 aliphatic rings. The molecule has 84 valence electrons. The first-order chi connectivity index (χ1) is 7.18. The van der Waals surface area contributed by atoms with E-state index in [4.69, 9.17) is 11.6 Å². The van der Waals surface area contributed by atoms with Crippen LogP contribution in [0, 0.1) is 0 Å². The van der Waals surface area contributed by atoms with Crippen LogP contribution in [0.15, 0.2) is 12.3 Å². The maximum absolute atomic E-state index is 6.20.